The fourth-order valence-corrected chi connectivity index (χ4v) is 3.04. The molecule has 5 heteroatoms. The van der Waals surface area contributed by atoms with Crippen molar-refractivity contribution in [2.75, 3.05) is 25.5 Å². The first-order valence-electron chi connectivity index (χ1n) is 7.93. The number of nitrogens with one attached hydrogen (secondary N) is 1. The summed E-state index contributed by atoms with van der Waals surface area (Å²) in [7, 11) is 1.59. The summed E-state index contributed by atoms with van der Waals surface area (Å²) in [5, 5.41) is 2.88. The highest BCUT2D eigenvalue weighted by Crippen LogP contribution is 2.41. The Morgan fingerprint density at radius 3 is 2.68 bits per heavy atom. The van der Waals surface area contributed by atoms with Crippen LogP contribution in [0.4, 0.5) is 5.69 Å². The van der Waals surface area contributed by atoms with Crippen LogP contribution in [0.3, 0.4) is 0 Å². The van der Waals surface area contributed by atoms with E-state index in [0.717, 1.165) is 25.9 Å². The van der Waals surface area contributed by atoms with E-state index in [1.165, 1.54) is 6.42 Å². The van der Waals surface area contributed by atoms with Crippen LogP contribution in [0.5, 0.6) is 5.75 Å². The second kappa shape index (κ2) is 6.38. The lowest BCUT2D eigenvalue weighted by Gasteiger charge is -2.26. The molecule has 22 heavy (non-hydrogen) atoms. The van der Waals surface area contributed by atoms with Crippen molar-refractivity contribution < 1.29 is 14.3 Å². The Morgan fingerprint density at radius 2 is 1.95 bits per heavy atom. The average Bonchev–Trinajstić information content (AvgIpc) is 3.36. The smallest absolute Gasteiger partial charge is 0.228 e. The summed E-state index contributed by atoms with van der Waals surface area (Å²) < 4.78 is 5.14. The summed E-state index contributed by atoms with van der Waals surface area (Å²) in [5.41, 5.74) is 0.709. The normalized spacial score (nSPS) is 23.8. The lowest BCUT2D eigenvalue weighted by Crippen LogP contribution is -2.37. The fraction of sp³-hybridized carbons (Fsp3) is 0.529. The van der Waals surface area contributed by atoms with Crippen molar-refractivity contribution in [3.63, 3.8) is 0 Å². The van der Waals surface area contributed by atoms with Gasteiger partial charge in [-0.1, -0.05) is 6.07 Å². The van der Waals surface area contributed by atoms with E-state index < -0.39 is 0 Å². The third-order valence-electron chi connectivity index (χ3n) is 4.45. The second-order valence-electron chi connectivity index (χ2n) is 6.06. The maximum atomic E-state index is 12.4. The minimum absolute atomic E-state index is 0.0661. The SMILES string of the molecule is COc1cccc(NC(=O)C2CC2C(=O)N2CCCCC2)c1. The predicted molar refractivity (Wildman–Crippen MR) is 83.7 cm³/mol. The third-order valence-corrected chi connectivity index (χ3v) is 4.45. The number of hydrogen-bond acceptors (Lipinski definition) is 3. The van der Waals surface area contributed by atoms with Crippen LogP contribution in [0.25, 0.3) is 0 Å². The quantitative estimate of drug-likeness (QED) is 0.928. The van der Waals surface area contributed by atoms with E-state index in [0.29, 0.717) is 17.9 Å². The zero-order valence-corrected chi connectivity index (χ0v) is 12.9. The van der Waals surface area contributed by atoms with E-state index in [1.54, 1.807) is 13.2 Å². The third kappa shape index (κ3) is 3.24. The van der Waals surface area contributed by atoms with Crippen LogP contribution in [0.1, 0.15) is 25.7 Å². The molecule has 0 radical (unpaired) electrons. The van der Waals surface area contributed by atoms with Gasteiger partial charge < -0.3 is 15.0 Å². The number of anilines is 1. The molecule has 118 valence electrons. The number of methoxy groups -OCH3 is 1. The fourth-order valence-electron chi connectivity index (χ4n) is 3.04. The van der Waals surface area contributed by atoms with Gasteiger partial charge in [-0.15, -0.1) is 0 Å². The van der Waals surface area contributed by atoms with Crippen molar-refractivity contribution in [3.8, 4) is 5.75 Å². The summed E-state index contributed by atoms with van der Waals surface area (Å²) in [4.78, 5) is 26.5. The van der Waals surface area contributed by atoms with Gasteiger partial charge in [-0.25, -0.2) is 0 Å². The van der Waals surface area contributed by atoms with Gasteiger partial charge >= 0.3 is 0 Å². The van der Waals surface area contributed by atoms with Crippen LogP contribution in [-0.4, -0.2) is 36.9 Å². The number of likely N-dealkylation sites (tertiary alicyclic amines) is 1. The first-order valence-corrected chi connectivity index (χ1v) is 7.93. The molecule has 1 aromatic rings. The van der Waals surface area contributed by atoms with Crippen LogP contribution >= 0.6 is 0 Å². The second-order valence-corrected chi connectivity index (χ2v) is 6.06. The van der Waals surface area contributed by atoms with E-state index in [1.807, 2.05) is 23.1 Å². The number of amides is 2. The standard InChI is InChI=1S/C17H22N2O3/c1-22-13-7-5-6-12(10-13)18-16(20)14-11-15(14)17(21)19-8-3-2-4-9-19/h5-7,10,14-15H,2-4,8-9,11H2,1H3,(H,18,20). The molecule has 2 fully saturated rings. The number of benzene rings is 1. The van der Waals surface area contributed by atoms with Gasteiger partial charge in [0, 0.05) is 24.8 Å². The molecule has 0 aromatic heterocycles. The van der Waals surface area contributed by atoms with E-state index >= 15 is 0 Å². The minimum Gasteiger partial charge on any atom is -0.497 e. The summed E-state index contributed by atoms with van der Waals surface area (Å²) in [6.07, 6.45) is 4.04. The van der Waals surface area contributed by atoms with Crippen LogP contribution in [0, 0.1) is 11.8 Å². The molecular formula is C17H22N2O3. The summed E-state index contributed by atoms with van der Waals surface area (Å²) >= 11 is 0. The number of nitrogens with zero attached hydrogens (tertiary/aromatic N) is 1. The monoisotopic (exact) mass is 302 g/mol. The molecule has 2 unspecified atom stereocenters. The van der Waals surface area contributed by atoms with E-state index in [-0.39, 0.29) is 23.7 Å². The zero-order chi connectivity index (χ0) is 15.5. The van der Waals surface area contributed by atoms with Crippen molar-refractivity contribution in [1.29, 1.82) is 0 Å². The van der Waals surface area contributed by atoms with Gasteiger partial charge in [0.25, 0.3) is 0 Å². The van der Waals surface area contributed by atoms with E-state index in [4.69, 9.17) is 4.74 Å². The first kappa shape index (κ1) is 14.9. The number of piperidine rings is 1. The Kier molecular flexibility index (Phi) is 4.32. The summed E-state index contributed by atoms with van der Waals surface area (Å²) in [5.74, 6) is 0.494. The predicted octanol–water partition coefficient (Wildman–Crippen LogP) is 2.28. The van der Waals surface area contributed by atoms with Crippen LogP contribution in [0.15, 0.2) is 24.3 Å². The topological polar surface area (TPSA) is 58.6 Å². The highest BCUT2D eigenvalue weighted by atomic mass is 16.5. The number of carbonyl (C=O) groups excluding carboxylic acids is 2. The lowest BCUT2D eigenvalue weighted by atomic mass is 10.1. The van der Waals surface area contributed by atoms with Gasteiger partial charge in [0.05, 0.1) is 18.9 Å². The molecule has 1 heterocycles. The van der Waals surface area contributed by atoms with Crippen LogP contribution < -0.4 is 10.1 Å². The maximum Gasteiger partial charge on any atom is 0.228 e. The molecule has 2 amide bonds. The van der Waals surface area contributed by atoms with Gasteiger partial charge in [0.15, 0.2) is 0 Å². The highest BCUT2D eigenvalue weighted by Gasteiger charge is 2.49. The molecule has 1 N–H and O–H groups in total. The Bertz CT molecular complexity index is 567. The molecule has 1 aliphatic carbocycles. The van der Waals surface area contributed by atoms with Crippen molar-refractivity contribution in [1.82, 2.24) is 4.90 Å². The van der Waals surface area contributed by atoms with Crippen molar-refractivity contribution >= 4 is 17.5 Å². The molecule has 3 rings (SSSR count). The Hall–Kier alpha value is -2.04. The first-order chi connectivity index (χ1) is 10.7. The van der Waals surface area contributed by atoms with Crippen molar-refractivity contribution in [3.05, 3.63) is 24.3 Å². The van der Waals surface area contributed by atoms with E-state index in [2.05, 4.69) is 5.32 Å². The molecule has 0 spiro atoms. The number of ether oxygens (including phenoxy) is 1. The molecule has 5 nitrogen and oxygen atoms in total. The molecule has 1 saturated carbocycles. The number of rotatable bonds is 4. The number of hydrogen-bond donors (Lipinski definition) is 1. The highest BCUT2D eigenvalue weighted by molar-refractivity contribution is 5.99. The minimum atomic E-state index is -0.180. The summed E-state index contributed by atoms with van der Waals surface area (Å²) in [6, 6.07) is 7.26. The molecule has 0 bridgehead atoms. The van der Waals surface area contributed by atoms with Gasteiger partial charge in [0.2, 0.25) is 11.8 Å². The molecule has 2 aliphatic rings. The van der Waals surface area contributed by atoms with E-state index in [9.17, 15) is 9.59 Å². The Balaban J connectivity index is 1.54. The Morgan fingerprint density at radius 1 is 1.18 bits per heavy atom. The van der Waals surface area contributed by atoms with Crippen LogP contribution in [-0.2, 0) is 9.59 Å². The average molecular weight is 302 g/mol. The number of carbonyl (C=O) groups is 2. The van der Waals surface area contributed by atoms with Gasteiger partial charge in [-0.05, 0) is 37.8 Å². The molecule has 1 aromatic carbocycles. The van der Waals surface area contributed by atoms with Gasteiger partial charge in [-0.3, -0.25) is 9.59 Å². The zero-order valence-electron chi connectivity index (χ0n) is 12.9. The maximum absolute atomic E-state index is 12.4. The molecular weight excluding hydrogens is 280 g/mol. The van der Waals surface area contributed by atoms with Gasteiger partial charge in [-0.2, -0.15) is 0 Å². The summed E-state index contributed by atoms with van der Waals surface area (Å²) in [6.45, 7) is 1.69. The lowest BCUT2D eigenvalue weighted by molar-refractivity contribution is -0.134. The molecule has 1 aliphatic heterocycles. The van der Waals surface area contributed by atoms with Crippen molar-refractivity contribution in [2.24, 2.45) is 11.8 Å². The van der Waals surface area contributed by atoms with Crippen molar-refractivity contribution in [2.45, 2.75) is 25.7 Å². The largest absolute Gasteiger partial charge is 0.497 e. The Labute approximate surface area is 130 Å². The molecule has 1 saturated heterocycles. The molecule has 2 atom stereocenters. The van der Waals surface area contributed by atoms with Crippen LogP contribution in [0.2, 0.25) is 0 Å². The van der Waals surface area contributed by atoms with Gasteiger partial charge in [0.1, 0.15) is 5.75 Å².